The number of esters is 2. The summed E-state index contributed by atoms with van der Waals surface area (Å²) in [5.41, 5.74) is 1.24. The average molecular weight is 640 g/mol. The number of ether oxygens (including phenoxy) is 2. The number of rotatable bonds is 17. The summed E-state index contributed by atoms with van der Waals surface area (Å²) in [6.45, 7) is 4.16. The summed E-state index contributed by atoms with van der Waals surface area (Å²) in [5, 5.41) is 0. The van der Waals surface area contributed by atoms with Gasteiger partial charge in [-0.05, 0) is 0 Å². The van der Waals surface area contributed by atoms with E-state index < -0.39 is 16.3 Å². The van der Waals surface area contributed by atoms with Crippen LogP contribution in [0.1, 0.15) is 128 Å². The van der Waals surface area contributed by atoms with Gasteiger partial charge in [0.15, 0.2) is 0 Å². The molecule has 2 aliphatic rings. The summed E-state index contributed by atoms with van der Waals surface area (Å²) in [5.74, 6) is -0.781. The van der Waals surface area contributed by atoms with Crippen LogP contribution in [0.2, 0.25) is 4.31 Å². The minimum atomic E-state index is -0.942. The zero-order chi connectivity index (χ0) is 29.6. The first-order valence-electron chi connectivity index (χ1n) is 16.8. The average Bonchev–Trinajstić information content (AvgIpc) is 3.26. The monoisotopic (exact) mass is 640 g/mol. The molecule has 42 heavy (non-hydrogen) atoms. The molecular weight excluding hydrogens is 587 g/mol. The van der Waals surface area contributed by atoms with E-state index in [-0.39, 0.29) is 38.9 Å². The van der Waals surface area contributed by atoms with E-state index in [9.17, 15) is 9.59 Å². The van der Waals surface area contributed by atoms with Gasteiger partial charge in [0.2, 0.25) is 0 Å². The van der Waals surface area contributed by atoms with Crippen LogP contribution in [0.5, 0.6) is 0 Å². The van der Waals surface area contributed by atoms with Crippen LogP contribution in [0.15, 0.2) is 60.7 Å². The normalized spacial score (nSPS) is 25.7. The zero-order valence-electron chi connectivity index (χ0n) is 25.9. The van der Waals surface area contributed by atoms with E-state index in [4.69, 9.17) is 9.47 Å². The third-order valence-corrected chi connectivity index (χ3v) is 12.8. The Morgan fingerprint density at radius 2 is 1.40 bits per heavy atom. The molecule has 4 rings (SSSR count). The van der Waals surface area contributed by atoms with E-state index in [1.54, 1.807) is 0 Å². The van der Waals surface area contributed by atoms with Gasteiger partial charge >= 0.3 is 242 Å². The van der Waals surface area contributed by atoms with Crippen LogP contribution in [-0.2, 0) is 19.1 Å². The molecule has 4 nitrogen and oxygen atoms in total. The fourth-order valence-electron chi connectivity index (χ4n) is 6.79. The van der Waals surface area contributed by atoms with Gasteiger partial charge in [-0.1, -0.05) is 19.8 Å². The second kappa shape index (κ2) is 17.3. The summed E-state index contributed by atoms with van der Waals surface area (Å²) in [7, 11) is 0. The van der Waals surface area contributed by atoms with Crippen molar-refractivity contribution in [3.05, 3.63) is 66.2 Å². The molecule has 0 N–H and O–H groups in total. The molecule has 0 spiro atoms. The zero-order valence-corrected chi connectivity index (χ0v) is 27.7. The maximum absolute atomic E-state index is 14.4. The Kier molecular flexibility index (Phi) is 13.5. The molecule has 2 aromatic carbocycles. The van der Waals surface area contributed by atoms with E-state index in [0.717, 1.165) is 49.4 Å². The number of hydrogen-bond acceptors (Lipinski definition) is 4. The van der Waals surface area contributed by atoms with E-state index in [2.05, 4.69) is 43.3 Å². The van der Waals surface area contributed by atoms with Crippen molar-refractivity contribution in [3.63, 3.8) is 0 Å². The van der Waals surface area contributed by atoms with Crippen LogP contribution in [0.4, 0.5) is 0 Å². The summed E-state index contributed by atoms with van der Waals surface area (Å²) in [4.78, 5) is 27.6. The Bertz CT molecular complexity index is 1070. The Labute approximate surface area is 260 Å². The predicted molar refractivity (Wildman–Crippen MR) is 172 cm³/mol. The topological polar surface area (TPSA) is 52.6 Å². The quantitative estimate of drug-likeness (QED) is 0.0987. The van der Waals surface area contributed by atoms with Gasteiger partial charge < -0.3 is 0 Å². The molecule has 2 fully saturated rings. The number of unbranched alkanes of at least 4 members (excludes halogenated alkanes) is 10. The number of carbonyl (C=O) groups is 2. The SMILES string of the molecule is CCCCCCCCCCCCC[C@@H]1OC(=O)[C@H](C)[C@]1([Se]c1ccccc1)C(=O)O[C@@H]1CCCC[C@H]1c1ccccc1. The second-order valence-corrected chi connectivity index (χ2v) is 15.3. The molecule has 0 unspecified atom stereocenters. The van der Waals surface area contributed by atoms with Gasteiger partial charge in [0.25, 0.3) is 0 Å². The van der Waals surface area contributed by atoms with Crippen molar-refractivity contribution in [2.24, 2.45) is 5.92 Å². The third-order valence-electron chi connectivity index (χ3n) is 9.34. The molecule has 0 aromatic heterocycles. The minimum absolute atomic E-state index is 0.164. The standard InChI is InChI=1S/C37H52O4Se/c1-3-4-5-6-7-8-9-10-11-12-19-28-34-37(29(2)35(38)41-34,42-31-24-17-14-18-25-31)36(39)40-33-27-21-20-26-32(33)30-22-15-13-16-23-30/h13-18,22-25,29,32-34H,3-12,19-21,26-28H2,1-2H3/t29-,32-,33+,34-,37+/m0/s1. The van der Waals surface area contributed by atoms with Crippen molar-refractivity contribution in [1.29, 1.82) is 0 Å². The van der Waals surface area contributed by atoms with Gasteiger partial charge in [0.05, 0.1) is 0 Å². The molecule has 230 valence electrons. The fraction of sp³-hybridized carbons (Fsp3) is 0.622. The van der Waals surface area contributed by atoms with Crippen LogP contribution >= 0.6 is 0 Å². The molecule has 1 saturated heterocycles. The van der Waals surface area contributed by atoms with Crippen molar-refractivity contribution in [3.8, 4) is 0 Å². The molecular formula is C37H52O4Se. The van der Waals surface area contributed by atoms with Crippen LogP contribution in [-0.4, -0.2) is 39.1 Å². The molecule has 0 radical (unpaired) electrons. The Morgan fingerprint density at radius 3 is 2.05 bits per heavy atom. The van der Waals surface area contributed by atoms with Crippen LogP contribution in [0, 0.1) is 5.92 Å². The fourth-order valence-corrected chi connectivity index (χ4v) is 9.69. The first-order valence-corrected chi connectivity index (χ1v) is 18.5. The molecule has 0 amide bonds. The molecule has 2 aromatic rings. The Morgan fingerprint density at radius 1 is 0.833 bits per heavy atom. The van der Waals surface area contributed by atoms with Crippen molar-refractivity contribution in [1.82, 2.24) is 0 Å². The second-order valence-electron chi connectivity index (χ2n) is 12.4. The van der Waals surface area contributed by atoms with Crippen molar-refractivity contribution in [2.75, 3.05) is 0 Å². The summed E-state index contributed by atoms with van der Waals surface area (Å²) in [6.07, 6.45) is 18.2. The number of benzene rings is 2. The van der Waals surface area contributed by atoms with Gasteiger partial charge in [-0.2, -0.15) is 0 Å². The number of cyclic esters (lactones) is 1. The van der Waals surface area contributed by atoms with Gasteiger partial charge in [-0.15, -0.1) is 0 Å². The Hall–Kier alpha value is -2.10. The van der Waals surface area contributed by atoms with E-state index in [0.29, 0.717) is 0 Å². The molecule has 5 heteroatoms. The van der Waals surface area contributed by atoms with E-state index >= 15 is 0 Å². The van der Waals surface area contributed by atoms with Gasteiger partial charge in [0, 0.05) is 0 Å². The predicted octanol–water partition coefficient (Wildman–Crippen LogP) is 8.71. The third kappa shape index (κ3) is 8.73. The number of hydrogen-bond donors (Lipinski definition) is 0. The molecule has 1 saturated carbocycles. The molecule has 1 heterocycles. The summed E-state index contributed by atoms with van der Waals surface area (Å²) < 4.78 is 12.7. The van der Waals surface area contributed by atoms with Crippen molar-refractivity contribution in [2.45, 2.75) is 139 Å². The molecule has 1 aliphatic heterocycles. The molecule has 1 aliphatic carbocycles. The number of carbonyl (C=O) groups excluding carboxylic acids is 2. The Balaban J connectivity index is 1.42. The summed E-state index contributed by atoms with van der Waals surface area (Å²) in [6, 6.07) is 20.7. The first-order chi connectivity index (χ1) is 20.6. The summed E-state index contributed by atoms with van der Waals surface area (Å²) >= 11 is -0.295. The van der Waals surface area contributed by atoms with Crippen molar-refractivity contribution < 1.29 is 19.1 Å². The van der Waals surface area contributed by atoms with E-state index in [1.165, 1.54) is 63.4 Å². The van der Waals surface area contributed by atoms with Crippen molar-refractivity contribution >= 4 is 31.4 Å². The van der Waals surface area contributed by atoms with E-state index in [1.807, 2.05) is 31.2 Å². The van der Waals surface area contributed by atoms with Crippen LogP contribution in [0.3, 0.4) is 0 Å². The maximum atomic E-state index is 14.4. The van der Waals surface area contributed by atoms with Gasteiger partial charge in [-0.25, -0.2) is 0 Å². The first kappa shape index (κ1) is 32.8. The van der Waals surface area contributed by atoms with Crippen LogP contribution < -0.4 is 4.46 Å². The molecule has 5 atom stereocenters. The van der Waals surface area contributed by atoms with Gasteiger partial charge in [-0.3, -0.25) is 0 Å². The molecule has 0 bridgehead atoms. The van der Waals surface area contributed by atoms with Crippen LogP contribution in [0.25, 0.3) is 0 Å². The van der Waals surface area contributed by atoms with Gasteiger partial charge in [0.1, 0.15) is 0 Å².